The molecule has 1 saturated carbocycles. The van der Waals surface area contributed by atoms with Gasteiger partial charge in [-0.2, -0.15) is 0 Å². The fourth-order valence-electron chi connectivity index (χ4n) is 10.5. The number of pyridine rings is 4. The van der Waals surface area contributed by atoms with E-state index in [1.165, 1.54) is 49.6 Å². The molecule has 0 amide bonds. The van der Waals surface area contributed by atoms with Crippen molar-refractivity contribution in [3.63, 3.8) is 0 Å². The zero-order valence-electron chi connectivity index (χ0n) is 51.4. The van der Waals surface area contributed by atoms with Gasteiger partial charge in [0.05, 0.1) is 5.58 Å². The Morgan fingerprint density at radius 3 is 1.99 bits per heavy atom. The SMILES string of the molecule is [2H]C([2H])([2H])c1ccc2c(n1)oc1c(-c3cc(-c4ccccc4C([2H])([2H])[2H])c(C([2H])([2H])C([2H])([2H])c4cc(CC(C)(C)c5ccc(-c6[c-]cccc6)nc5)cc(CC(C)(C)c5ccc(-c6[c-]ccc(C7CCCC7)c6)nc5)c4)cn3)[c-]ccc12.[Ir+3]. The Hall–Kier alpha value is -6.85. The van der Waals surface area contributed by atoms with Crippen LogP contribution in [0.2, 0.25) is 0 Å². The van der Waals surface area contributed by atoms with Crippen molar-refractivity contribution in [2.24, 2.45) is 0 Å². The normalized spacial score (nSPS) is 15.9. The number of aromatic nitrogens is 4. The molecule has 0 atom stereocenters. The van der Waals surface area contributed by atoms with Crippen LogP contribution in [0, 0.1) is 31.9 Å². The van der Waals surface area contributed by atoms with Crippen molar-refractivity contribution < 1.29 is 38.2 Å². The number of nitrogens with zero attached hydrogens (tertiary/aromatic N) is 4. The van der Waals surface area contributed by atoms with Gasteiger partial charge in [-0.1, -0.05) is 124 Å². The van der Waals surface area contributed by atoms with Crippen molar-refractivity contribution >= 4 is 22.1 Å². The summed E-state index contributed by atoms with van der Waals surface area (Å²) in [6.07, 6.45) is 5.22. The van der Waals surface area contributed by atoms with Crippen LogP contribution in [0.25, 0.3) is 67.0 Å². The minimum absolute atomic E-state index is 0. The Morgan fingerprint density at radius 2 is 1.29 bits per heavy atom. The van der Waals surface area contributed by atoms with Crippen LogP contribution in [0.4, 0.5) is 0 Å². The molecule has 0 bridgehead atoms. The van der Waals surface area contributed by atoms with E-state index >= 15 is 0 Å². The van der Waals surface area contributed by atoms with Gasteiger partial charge in [0.15, 0.2) is 0 Å². The number of fused-ring (bicyclic) bond motifs is 3. The van der Waals surface area contributed by atoms with E-state index in [0.717, 1.165) is 44.8 Å². The smallest absolute Gasteiger partial charge is 0.486 e. The van der Waals surface area contributed by atoms with E-state index in [2.05, 4.69) is 81.2 Å². The van der Waals surface area contributed by atoms with Gasteiger partial charge in [-0.15, -0.1) is 89.5 Å². The molecule has 0 radical (unpaired) electrons. The molecule has 10 aromatic rings. The maximum absolute atomic E-state index is 10.1. The third-order valence-electron chi connectivity index (χ3n) is 14.4. The molecule has 0 unspecified atom stereocenters. The molecule has 73 heavy (non-hydrogen) atoms. The molecule has 364 valence electrons. The Kier molecular flexibility index (Phi) is 11.1. The van der Waals surface area contributed by atoms with Crippen LogP contribution >= 0.6 is 0 Å². The van der Waals surface area contributed by atoms with Gasteiger partial charge in [0.2, 0.25) is 5.71 Å². The van der Waals surface area contributed by atoms with Crippen LogP contribution in [-0.2, 0) is 56.5 Å². The third-order valence-corrected chi connectivity index (χ3v) is 14.4. The third kappa shape index (κ3) is 10.7. The predicted molar refractivity (Wildman–Crippen MR) is 294 cm³/mol. The number of hydrogen-bond acceptors (Lipinski definition) is 5. The fourth-order valence-corrected chi connectivity index (χ4v) is 10.5. The van der Waals surface area contributed by atoms with Crippen molar-refractivity contribution in [2.75, 3.05) is 0 Å². The van der Waals surface area contributed by atoms with Gasteiger partial charge >= 0.3 is 20.1 Å². The zero-order chi connectivity index (χ0) is 58.0. The molecule has 0 saturated heterocycles. The summed E-state index contributed by atoms with van der Waals surface area (Å²) in [5.41, 5.74) is 8.19. The minimum atomic E-state index is -2.86. The Labute approximate surface area is 459 Å². The van der Waals surface area contributed by atoms with E-state index in [-0.39, 0.29) is 70.6 Å². The van der Waals surface area contributed by atoms with Crippen LogP contribution in [0.3, 0.4) is 0 Å². The van der Waals surface area contributed by atoms with Crippen LogP contribution in [0.1, 0.15) is 123 Å². The monoisotopic (exact) mass is 1140 g/mol. The van der Waals surface area contributed by atoms with Crippen LogP contribution in [0.5, 0.6) is 0 Å². The summed E-state index contributed by atoms with van der Waals surface area (Å²) in [7, 11) is 0. The molecule has 5 nitrogen and oxygen atoms in total. The van der Waals surface area contributed by atoms with Gasteiger partial charge in [-0.3, -0.25) is 0 Å². The van der Waals surface area contributed by atoms with Crippen LogP contribution in [-0.4, -0.2) is 19.9 Å². The molecule has 1 fully saturated rings. The summed E-state index contributed by atoms with van der Waals surface area (Å²) < 4.78 is 96.4. The van der Waals surface area contributed by atoms with Crippen molar-refractivity contribution in [2.45, 2.75) is 109 Å². The summed E-state index contributed by atoms with van der Waals surface area (Å²) >= 11 is 0. The molecule has 0 aliphatic heterocycles. The molecule has 1 aliphatic carbocycles. The van der Waals surface area contributed by atoms with Crippen LogP contribution in [0.15, 0.2) is 163 Å². The van der Waals surface area contributed by atoms with E-state index < -0.39 is 37.3 Å². The summed E-state index contributed by atoms with van der Waals surface area (Å²) in [4.78, 5) is 18.9. The first kappa shape index (κ1) is 38.7. The topological polar surface area (TPSA) is 64.7 Å². The first-order chi connectivity index (χ1) is 38.9. The maximum atomic E-state index is 10.1. The molecule has 5 aromatic carbocycles. The van der Waals surface area contributed by atoms with Crippen LogP contribution < -0.4 is 0 Å². The van der Waals surface area contributed by atoms with E-state index in [0.29, 0.717) is 35.1 Å². The largest absolute Gasteiger partial charge is 3.00 e. The standard InChI is InChI=1S/C67H61N4O.Ir/c1-44-16-10-13-23-56(44)60-38-63(59-25-15-24-57-58-31-26-45(2)71-65(58)72-64(57)59)68-41-53(60)28-27-46-34-47(39-66(3,4)54-29-32-61(69-42-54)50-19-8-7-9-20-50)36-48(35-46)40-67(5,6)55-30-33-62(70-43-55)52-22-14-21-51(37-52)49-17-11-12-18-49;/h7-10,13-16,19,21,23-24,26,29-38,41-43,49H,11-12,17-18,27-28,39-40H2,1-6H3;/q-3;+3/i1D3,2D3,27D2,28D2;. The molecule has 6 heteroatoms. The van der Waals surface area contributed by atoms with Crippen molar-refractivity contribution in [1.29, 1.82) is 0 Å². The van der Waals surface area contributed by atoms with Gasteiger partial charge in [0.25, 0.3) is 0 Å². The van der Waals surface area contributed by atoms with Gasteiger partial charge in [-0.05, 0) is 148 Å². The molecule has 11 rings (SSSR count). The van der Waals surface area contributed by atoms with Crippen molar-refractivity contribution in [3.8, 4) is 44.9 Å². The van der Waals surface area contributed by atoms with Gasteiger partial charge < -0.3 is 19.4 Å². The molecule has 0 N–H and O–H groups in total. The molecule has 1 aliphatic rings. The number of hydrogen-bond donors (Lipinski definition) is 0. The molecule has 5 heterocycles. The first-order valence-corrected chi connectivity index (χ1v) is 24.8. The quantitative estimate of drug-likeness (QED) is 0.102. The summed E-state index contributed by atoms with van der Waals surface area (Å²) in [5.74, 6) is 0.559. The number of benzene rings is 5. The van der Waals surface area contributed by atoms with E-state index in [1.807, 2.05) is 54.9 Å². The van der Waals surface area contributed by atoms with Gasteiger partial charge in [-0.25, -0.2) is 4.98 Å². The predicted octanol–water partition coefficient (Wildman–Crippen LogP) is 16.3. The van der Waals surface area contributed by atoms with Crippen molar-refractivity contribution in [1.82, 2.24) is 19.9 Å². The molecule has 0 spiro atoms. The summed E-state index contributed by atoms with van der Waals surface area (Å²) in [6.45, 7) is 3.37. The van der Waals surface area contributed by atoms with Gasteiger partial charge in [0, 0.05) is 43.4 Å². The number of rotatable bonds is 14. The number of furan rings is 1. The minimum Gasteiger partial charge on any atom is -0.486 e. The fraction of sp³-hybridized carbons (Fsp3) is 0.254. The maximum Gasteiger partial charge on any atom is 3.00 e. The summed E-state index contributed by atoms with van der Waals surface area (Å²) in [5, 5.41) is 1.16. The molecular formula is C67H61IrN4O. The Bertz CT molecular complexity index is 3980. The Morgan fingerprint density at radius 1 is 0.603 bits per heavy atom. The average Bonchev–Trinajstić information content (AvgIpc) is 2.81. The van der Waals surface area contributed by atoms with Gasteiger partial charge in [0.1, 0.15) is 0 Å². The van der Waals surface area contributed by atoms with E-state index in [4.69, 9.17) is 27.6 Å². The second-order valence-electron chi connectivity index (χ2n) is 20.5. The second-order valence-corrected chi connectivity index (χ2v) is 20.5. The second kappa shape index (κ2) is 20.9. The van der Waals surface area contributed by atoms with E-state index in [1.54, 1.807) is 54.6 Å². The molecule has 5 aromatic heterocycles. The summed E-state index contributed by atoms with van der Waals surface area (Å²) in [6, 6.07) is 52.1. The first-order valence-electron chi connectivity index (χ1n) is 29.8. The number of aryl methyl sites for hydroxylation is 4. The Balaban J connectivity index is 0.00000769. The average molecular weight is 1140 g/mol. The molecular weight excluding hydrogens is 1070 g/mol. The zero-order valence-corrected chi connectivity index (χ0v) is 43.8. The van der Waals surface area contributed by atoms with Crippen molar-refractivity contribution in [3.05, 3.63) is 227 Å². The van der Waals surface area contributed by atoms with E-state index in [9.17, 15) is 5.48 Å².